The third-order valence-electron chi connectivity index (χ3n) is 4.07. The van der Waals surface area contributed by atoms with Crippen LogP contribution in [0, 0.1) is 11.8 Å². The van der Waals surface area contributed by atoms with Gasteiger partial charge in [-0.1, -0.05) is 54.4 Å². The summed E-state index contributed by atoms with van der Waals surface area (Å²) in [5.41, 5.74) is 0. The molecule has 0 amide bonds. The first-order valence-corrected chi connectivity index (χ1v) is 11.6. The van der Waals surface area contributed by atoms with Crippen LogP contribution in [0.2, 0.25) is 0 Å². The number of nitrogens with zero attached hydrogens (tertiary/aromatic N) is 1. The van der Waals surface area contributed by atoms with E-state index in [9.17, 15) is 9.46 Å². The molecule has 1 N–H and O–H groups in total. The molecule has 5 nitrogen and oxygen atoms in total. The molecule has 0 heterocycles. The highest BCUT2D eigenvalue weighted by atomic mass is 31.2. The van der Waals surface area contributed by atoms with Crippen molar-refractivity contribution in [2.75, 3.05) is 26.2 Å². The number of rotatable bonds is 16. The van der Waals surface area contributed by atoms with E-state index in [1.165, 1.54) is 0 Å². The quantitative estimate of drug-likeness (QED) is 0.360. The minimum absolute atomic E-state index is 0.230. The van der Waals surface area contributed by atoms with Crippen LogP contribution >= 0.6 is 7.82 Å². The van der Waals surface area contributed by atoms with Crippen LogP contribution < -0.4 is 0 Å². The Hall–Kier alpha value is 0.0700. The van der Waals surface area contributed by atoms with E-state index in [0.29, 0.717) is 18.4 Å². The van der Waals surface area contributed by atoms with Gasteiger partial charge in [0.1, 0.15) is 0 Å². The number of hydrogen-bond donors (Lipinski definition) is 1. The molecule has 0 fully saturated rings. The zero-order valence-electron chi connectivity index (χ0n) is 17.4. The van der Waals surface area contributed by atoms with Crippen LogP contribution in [-0.4, -0.2) is 42.1 Å². The van der Waals surface area contributed by atoms with Gasteiger partial charge in [0.2, 0.25) is 0 Å². The molecule has 0 saturated carbocycles. The summed E-state index contributed by atoms with van der Waals surface area (Å²) in [4.78, 5) is 12.4. The van der Waals surface area contributed by atoms with E-state index in [1.54, 1.807) is 0 Å². The van der Waals surface area contributed by atoms with Crippen LogP contribution in [0.5, 0.6) is 0 Å². The molecule has 0 saturated heterocycles. The first kappa shape index (κ1) is 25.1. The van der Waals surface area contributed by atoms with Crippen LogP contribution in [0.25, 0.3) is 0 Å². The molecule has 6 heteroatoms. The van der Waals surface area contributed by atoms with Gasteiger partial charge in [-0.05, 0) is 50.6 Å². The van der Waals surface area contributed by atoms with Crippen LogP contribution in [0.1, 0.15) is 80.1 Å². The maximum absolute atomic E-state index is 12.3. The van der Waals surface area contributed by atoms with Crippen molar-refractivity contribution in [3.8, 4) is 0 Å². The second-order valence-electron chi connectivity index (χ2n) is 7.84. The highest BCUT2D eigenvalue weighted by molar-refractivity contribution is 7.47. The molecule has 0 aliphatic rings. The highest BCUT2D eigenvalue weighted by Gasteiger charge is 2.27. The number of hydrogen-bond acceptors (Lipinski definition) is 4. The van der Waals surface area contributed by atoms with Crippen LogP contribution in [0.3, 0.4) is 0 Å². The summed E-state index contributed by atoms with van der Waals surface area (Å²) in [6.07, 6.45) is 5.89. The SMILES string of the molecule is CCCCN(CCCC)CCOP(=O)(O)OC(CC(C)C)CC(C)C. The summed E-state index contributed by atoms with van der Waals surface area (Å²) in [5.74, 6) is 0.838. The molecule has 0 radical (unpaired) electrons. The molecule has 0 rings (SSSR count). The minimum atomic E-state index is -4.00. The van der Waals surface area contributed by atoms with E-state index >= 15 is 0 Å². The summed E-state index contributed by atoms with van der Waals surface area (Å²) in [7, 11) is -4.00. The van der Waals surface area contributed by atoms with Crippen molar-refractivity contribution in [1.82, 2.24) is 4.90 Å². The molecule has 0 aromatic heterocycles. The Morgan fingerprint density at radius 3 is 1.80 bits per heavy atom. The van der Waals surface area contributed by atoms with Gasteiger partial charge < -0.3 is 9.79 Å². The van der Waals surface area contributed by atoms with Gasteiger partial charge in [-0.15, -0.1) is 0 Å². The van der Waals surface area contributed by atoms with Crippen molar-refractivity contribution in [2.24, 2.45) is 11.8 Å². The van der Waals surface area contributed by atoms with E-state index in [-0.39, 0.29) is 12.7 Å². The van der Waals surface area contributed by atoms with Gasteiger partial charge in [-0.25, -0.2) is 4.57 Å². The monoisotopic (exact) mass is 379 g/mol. The Balaban J connectivity index is 4.42. The summed E-state index contributed by atoms with van der Waals surface area (Å²) >= 11 is 0. The molecule has 0 spiro atoms. The number of phosphoric ester groups is 1. The molecule has 0 aliphatic carbocycles. The molecule has 25 heavy (non-hydrogen) atoms. The standard InChI is InChI=1S/C19H42NO4P/c1-7-9-11-20(12-10-8-2)13-14-23-25(21,22)24-19(15-17(3)4)16-18(5)6/h17-19H,7-16H2,1-6H3,(H,21,22). The summed E-state index contributed by atoms with van der Waals surface area (Å²) < 4.78 is 23.0. The van der Waals surface area contributed by atoms with E-state index < -0.39 is 7.82 Å². The second kappa shape index (κ2) is 14.2. The zero-order valence-corrected chi connectivity index (χ0v) is 18.3. The van der Waals surface area contributed by atoms with Crippen molar-refractivity contribution >= 4 is 7.82 Å². The fraction of sp³-hybridized carbons (Fsp3) is 1.00. The molecule has 1 atom stereocenters. The van der Waals surface area contributed by atoms with E-state index in [0.717, 1.165) is 51.6 Å². The van der Waals surface area contributed by atoms with Crippen molar-refractivity contribution in [3.63, 3.8) is 0 Å². The lowest BCUT2D eigenvalue weighted by Crippen LogP contribution is -2.29. The topological polar surface area (TPSA) is 59.0 Å². The van der Waals surface area contributed by atoms with E-state index in [2.05, 4.69) is 46.4 Å². The van der Waals surface area contributed by atoms with E-state index in [1.807, 2.05) is 0 Å². The third-order valence-corrected chi connectivity index (χ3v) is 5.14. The van der Waals surface area contributed by atoms with Crippen LogP contribution in [-0.2, 0) is 13.6 Å². The Morgan fingerprint density at radius 2 is 1.40 bits per heavy atom. The Kier molecular flexibility index (Phi) is 14.2. The number of unbranched alkanes of at least 4 members (excludes halogenated alkanes) is 2. The molecule has 0 aromatic carbocycles. The number of phosphoric acid groups is 1. The molecule has 152 valence electrons. The van der Waals surface area contributed by atoms with E-state index in [4.69, 9.17) is 9.05 Å². The van der Waals surface area contributed by atoms with Gasteiger partial charge in [-0.3, -0.25) is 9.05 Å². The van der Waals surface area contributed by atoms with Gasteiger partial charge in [0.25, 0.3) is 0 Å². The average molecular weight is 380 g/mol. The van der Waals surface area contributed by atoms with Gasteiger partial charge in [0.05, 0.1) is 12.7 Å². The Bertz CT molecular complexity index is 345. The molecule has 0 bridgehead atoms. The molecule has 1 unspecified atom stereocenters. The fourth-order valence-corrected chi connectivity index (χ4v) is 3.76. The van der Waals surface area contributed by atoms with Crippen LogP contribution in [0.4, 0.5) is 0 Å². The lowest BCUT2D eigenvalue weighted by molar-refractivity contribution is 0.0742. The first-order valence-electron chi connectivity index (χ1n) is 10.1. The largest absolute Gasteiger partial charge is 0.472 e. The fourth-order valence-electron chi connectivity index (χ4n) is 2.84. The van der Waals surface area contributed by atoms with Crippen molar-refractivity contribution < 1.29 is 18.5 Å². The summed E-state index contributed by atoms with van der Waals surface area (Å²) in [6.45, 7) is 15.7. The summed E-state index contributed by atoms with van der Waals surface area (Å²) in [6, 6.07) is 0. The average Bonchev–Trinajstić information content (AvgIpc) is 2.47. The van der Waals surface area contributed by atoms with Crippen LogP contribution in [0.15, 0.2) is 0 Å². The van der Waals surface area contributed by atoms with Crippen molar-refractivity contribution in [1.29, 1.82) is 0 Å². The Morgan fingerprint density at radius 1 is 0.920 bits per heavy atom. The first-order chi connectivity index (χ1) is 11.7. The van der Waals surface area contributed by atoms with Gasteiger partial charge in [-0.2, -0.15) is 0 Å². The lowest BCUT2D eigenvalue weighted by Gasteiger charge is -2.25. The third kappa shape index (κ3) is 14.9. The van der Waals surface area contributed by atoms with Gasteiger partial charge >= 0.3 is 7.82 Å². The predicted molar refractivity (Wildman–Crippen MR) is 106 cm³/mol. The van der Waals surface area contributed by atoms with Gasteiger partial charge in [0.15, 0.2) is 0 Å². The maximum atomic E-state index is 12.3. The second-order valence-corrected chi connectivity index (χ2v) is 9.24. The lowest BCUT2D eigenvalue weighted by atomic mass is 9.98. The molecular formula is C19H42NO4P. The molecule has 0 aliphatic heterocycles. The van der Waals surface area contributed by atoms with Crippen molar-refractivity contribution in [2.45, 2.75) is 86.2 Å². The predicted octanol–water partition coefficient (Wildman–Crippen LogP) is 5.48. The molecule has 0 aromatic rings. The smallest absolute Gasteiger partial charge is 0.302 e. The highest BCUT2D eigenvalue weighted by Crippen LogP contribution is 2.46. The zero-order chi connectivity index (χ0) is 19.3. The maximum Gasteiger partial charge on any atom is 0.472 e. The summed E-state index contributed by atoms with van der Waals surface area (Å²) in [5, 5.41) is 0. The van der Waals surface area contributed by atoms with Crippen molar-refractivity contribution in [3.05, 3.63) is 0 Å². The minimum Gasteiger partial charge on any atom is -0.302 e. The normalized spacial score (nSPS) is 14.8. The molecular weight excluding hydrogens is 337 g/mol. The van der Waals surface area contributed by atoms with Gasteiger partial charge in [0, 0.05) is 6.54 Å². The Labute approximate surface area is 156 Å².